The van der Waals surface area contributed by atoms with Gasteiger partial charge in [-0.3, -0.25) is 9.97 Å². The van der Waals surface area contributed by atoms with E-state index in [4.69, 9.17) is 32.9 Å². The average molecular weight is 818 g/mol. The Labute approximate surface area is 341 Å². The first-order chi connectivity index (χ1) is 27.7. The molecule has 292 valence electrons. The molecule has 0 spiro atoms. The van der Waals surface area contributed by atoms with Gasteiger partial charge < -0.3 is 32.9 Å². The second-order valence-corrected chi connectivity index (χ2v) is 16.1. The molecule has 9 nitrogen and oxygen atoms in total. The van der Waals surface area contributed by atoms with E-state index in [0.29, 0.717) is 40.9 Å². The summed E-state index contributed by atoms with van der Waals surface area (Å²) in [5.41, 5.74) is 7.10. The molecule has 57 heavy (non-hydrogen) atoms. The highest BCUT2D eigenvalue weighted by atomic mass is 32.2. The van der Waals surface area contributed by atoms with Crippen molar-refractivity contribution in [2.75, 3.05) is 0 Å². The van der Waals surface area contributed by atoms with Crippen LogP contribution in [0, 0.1) is 0 Å². The number of pyridine rings is 2. The number of allylic oxidation sites excluding steroid dienone is 6. The maximum Gasteiger partial charge on any atom is 0.530 e. The van der Waals surface area contributed by atoms with Crippen LogP contribution in [0.3, 0.4) is 0 Å². The standard InChI is InChI=1S/C45H45N3O6P2S/c1-6-7-16-37(29-32(2)3)50-56(52-39-18-13-28-48-31-39)54-43-26-24-36-15-9-11-20-41(36)45(43)57-44-40-19-10-8-14-35(40)23-25-42(44)53-55(49-34(5)22-21-33(4)46)51-38-17-12-27-47-30-38/h6-20,22-31,33H,21,46H2,1-5H3/b7-6-,34-22+,37-16+. The maximum absolute atomic E-state index is 6.80. The third-order valence-corrected chi connectivity index (χ3v) is 11.4. The number of rotatable bonds is 18. The summed E-state index contributed by atoms with van der Waals surface area (Å²) < 4.78 is 39.1. The van der Waals surface area contributed by atoms with Crippen molar-refractivity contribution in [2.45, 2.75) is 56.9 Å². The number of hydrogen-bond donors (Lipinski definition) is 1. The van der Waals surface area contributed by atoms with Crippen molar-refractivity contribution in [3.05, 3.63) is 169 Å². The fourth-order valence-corrected chi connectivity index (χ4v) is 8.67. The zero-order chi connectivity index (χ0) is 40.0. The van der Waals surface area contributed by atoms with E-state index in [0.717, 1.165) is 36.9 Å². The highest BCUT2D eigenvalue weighted by Crippen LogP contribution is 2.53. The molecule has 2 aromatic heterocycles. The minimum atomic E-state index is -2.04. The molecule has 3 unspecified atom stereocenters. The quantitative estimate of drug-likeness (QED) is 0.0512. The second kappa shape index (κ2) is 20.7. The highest BCUT2D eigenvalue weighted by molar-refractivity contribution is 8.00. The summed E-state index contributed by atoms with van der Waals surface area (Å²) in [6.07, 6.45) is 16.9. The van der Waals surface area contributed by atoms with Gasteiger partial charge in [0, 0.05) is 18.4 Å². The van der Waals surface area contributed by atoms with Crippen LogP contribution < -0.4 is 23.8 Å². The van der Waals surface area contributed by atoms with Crippen molar-refractivity contribution in [3.8, 4) is 23.0 Å². The molecular formula is C45H45N3O6P2S. The Morgan fingerprint density at radius 2 is 1.25 bits per heavy atom. The lowest BCUT2D eigenvalue weighted by molar-refractivity contribution is 0.328. The van der Waals surface area contributed by atoms with Crippen molar-refractivity contribution in [3.63, 3.8) is 0 Å². The van der Waals surface area contributed by atoms with E-state index < -0.39 is 17.2 Å². The second-order valence-electron chi connectivity index (χ2n) is 13.0. The van der Waals surface area contributed by atoms with E-state index in [1.807, 2.05) is 126 Å². The number of fused-ring (bicyclic) bond motifs is 2. The van der Waals surface area contributed by atoms with Gasteiger partial charge in [-0.25, -0.2) is 0 Å². The van der Waals surface area contributed by atoms with Crippen LogP contribution in [-0.2, 0) is 9.05 Å². The van der Waals surface area contributed by atoms with Gasteiger partial charge in [0.15, 0.2) is 0 Å². The van der Waals surface area contributed by atoms with Crippen LogP contribution in [0.25, 0.3) is 21.5 Å². The largest absolute Gasteiger partial charge is 0.530 e. The van der Waals surface area contributed by atoms with E-state index >= 15 is 0 Å². The summed E-state index contributed by atoms with van der Waals surface area (Å²) in [6, 6.07) is 31.6. The lowest BCUT2D eigenvalue weighted by Crippen LogP contribution is -2.13. The molecule has 4 aromatic carbocycles. The van der Waals surface area contributed by atoms with E-state index in [-0.39, 0.29) is 6.04 Å². The molecule has 0 saturated carbocycles. The Morgan fingerprint density at radius 1 is 0.702 bits per heavy atom. The number of benzene rings is 4. The Balaban J connectivity index is 1.44. The molecule has 0 fully saturated rings. The van der Waals surface area contributed by atoms with E-state index in [2.05, 4.69) is 34.2 Å². The lowest BCUT2D eigenvalue weighted by atomic mass is 10.1. The van der Waals surface area contributed by atoms with Gasteiger partial charge in [-0.15, -0.1) is 0 Å². The molecule has 0 bridgehead atoms. The Hall–Kier alpha value is -5.37. The van der Waals surface area contributed by atoms with E-state index in [1.54, 1.807) is 36.9 Å². The smallest absolute Gasteiger partial charge is 0.414 e. The van der Waals surface area contributed by atoms with Gasteiger partial charge in [0.05, 0.1) is 22.2 Å². The van der Waals surface area contributed by atoms with Crippen molar-refractivity contribution in [1.82, 2.24) is 9.97 Å². The Kier molecular flexibility index (Phi) is 15.0. The first-order valence-electron chi connectivity index (χ1n) is 18.4. The molecule has 2 heterocycles. The molecule has 12 heteroatoms. The lowest BCUT2D eigenvalue weighted by Gasteiger charge is -2.22. The maximum atomic E-state index is 6.80. The van der Waals surface area contributed by atoms with Crippen LogP contribution in [0.1, 0.15) is 41.0 Å². The first kappa shape index (κ1) is 41.3. The third-order valence-electron chi connectivity index (χ3n) is 7.92. The van der Waals surface area contributed by atoms with Gasteiger partial charge in [-0.1, -0.05) is 90.2 Å². The van der Waals surface area contributed by atoms with Crippen LogP contribution in [0.4, 0.5) is 0 Å². The fourth-order valence-electron chi connectivity index (χ4n) is 5.32. The average Bonchev–Trinajstić information content (AvgIpc) is 3.21. The van der Waals surface area contributed by atoms with E-state index in [1.165, 1.54) is 11.8 Å². The van der Waals surface area contributed by atoms with Crippen molar-refractivity contribution in [1.29, 1.82) is 0 Å². The van der Waals surface area contributed by atoms with Gasteiger partial charge in [-0.2, -0.15) is 0 Å². The van der Waals surface area contributed by atoms with Gasteiger partial charge in [-0.05, 0) is 117 Å². The van der Waals surface area contributed by atoms with Crippen LogP contribution in [-0.4, -0.2) is 16.0 Å². The SMILES string of the molecule is C/C=C\C=C(/C=C(C)C)OP(Oc1cccnc1)Oc1ccc2ccccc2c1Sc1c(OP(O/C(C)=C/CC(C)N)Oc2cccnc2)ccc2ccccc12. The monoisotopic (exact) mass is 817 g/mol. The predicted molar refractivity (Wildman–Crippen MR) is 233 cm³/mol. The summed E-state index contributed by atoms with van der Waals surface area (Å²) in [5.74, 6) is 3.39. The van der Waals surface area contributed by atoms with Gasteiger partial charge >= 0.3 is 17.2 Å². The molecule has 0 saturated heterocycles. The predicted octanol–water partition coefficient (Wildman–Crippen LogP) is 13.4. The summed E-state index contributed by atoms with van der Waals surface area (Å²) in [4.78, 5) is 10.2. The zero-order valence-electron chi connectivity index (χ0n) is 32.4. The van der Waals surface area contributed by atoms with Crippen molar-refractivity contribution in [2.24, 2.45) is 5.73 Å². The van der Waals surface area contributed by atoms with Crippen LogP contribution in [0.15, 0.2) is 179 Å². The molecule has 6 aromatic rings. The molecular weight excluding hydrogens is 773 g/mol. The summed E-state index contributed by atoms with van der Waals surface area (Å²) in [7, 11) is -4.03. The molecule has 0 aliphatic heterocycles. The van der Waals surface area contributed by atoms with Gasteiger partial charge in [0.1, 0.15) is 34.5 Å². The fraction of sp³-hybridized carbons (Fsp3) is 0.156. The zero-order valence-corrected chi connectivity index (χ0v) is 35.0. The normalized spacial score (nSPS) is 13.5. The summed E-state index contributed by atoms with van der Waals surface area (Å²) in [5, 5.41) is 4.02. The number of hydrogen-bond acceptors (Lipinski definition) is 10. The topological polar surface area (TPSA) is 107 Å². The summed E-state index contributed by atoms with van der Waals surface area (Å²) >= 11 is 1.53. The van der Waals surface area contributed by atoms with Crippen molar-refractivity contribution >= 4 is 50.5 Å². The molecule has 0 aliphatic carbocycles. The summed E-state index contributed by atoms with van der Waals surface area (Å²) in [6.45, 7) is 9.79. The van der Waals surface area contributed by atoms with Crippen LogP contribution in [0.5, 0.6) is 23.0 Å². The van der Waals surface area contributed by atoms with Gasteiger partial charge in [0.2, 0.25) is 0 Å². The molecule has 3 atom stereocenters. The minimum absolute atomic E-state index is 0.0280. The van der Waals surface area contributed by atoms with Gasteiger partial charge in [0.25, 0.3) is 0 Å². The van der Waals surface area contributed by atoms with Crippen LogP contribution >= 0.6 is 29.0 Å². The number of nitrogens with zero attached hydrogens (tertiary/aromatic N) is 2. The Bertz CT molecular complexity index is 2370. The van der Waals surface area contributed by atoms with E-state index in [9.17, 15) is 0 Å². The molecule has 6 rings (SSSR count). The van der Waals surface area contributed by atoms with Crippen molar-refractivity contribution < 1.29 is 27.1 Å². The molecule has 0 radical (unpaired) electrons. The minimum Gasteiger partial charge on any atom is -0.414 e. The Morgan fingerprint density at radius 3 is 1.74 bits per heavy atom. The van der Waals surface area contributed by atoms with Crippen LogP contribution in [0.2, 0.25) is 0 Å². The number of nitrogens with two attached hydrogens (primary N) is 1. The highest BCUT2D eigenvalue weighted by Gasteiger charge is 2.27. The third kappa shape index (κ3) is 12.1. The molecule has 0 aliphatic rings. The molecule has 2 N–H and O–H groups in total. The number of aromatic nitrogens is 2. The molecule has 0 amide bonds. The first-order valence-corrected chi connectivity index (χ1v) is 21.4.